The van der Waals surface area contributed by atoms with Crippen LogP contribution in [0.2, 0.25) is 0 Å². The lowest BCUT2D eigenvalue weighted by atomic mass is 10.4. The van der Waals surface area contributed by atoms with E-state index in [0.29, 0.717) is 10.3 Å². The highest BCUT2D eigenvalue weighted by atomic mass is 32.2. The molecule has 1 atom stereocenters. The van der Waals surface area contributed by atoms with Crippen molar-refractivity contribution in [2.45, 2.75) is 24.3 Å². The summed E-state index contributed by atoms with van der Waals surface area (Å²) in [6, 6.07) is 1.32. The van der Waals surface area contributed by atoms with Crippen molar-refractivity contribution in [1.82, 2.24) is 20.2 Å². The summed E-state index contributed by atoms with van der Waals surface area (Å²) in [7, 11) is 0. The zero-order chi connectivity index (χ0) is 13.8. The summed E-state index contributed by atoms with van der Waals surface area (Å²) < 4.78 is 0. The van der Waals surface area contributed by atoms with Gasteiger partial charge in [-0.3, -0.25) is 14.9 Å². The number of aromatic amines is 1. The molecule has 0 aromatic carbocycles. The number of anilines is 1. The minimum absolute atomic E-state index is 0.215. The van der Waals surface area contributed by atoms with Crippen LogP contribution < -0.4 is 10.9 Å². The molecule has 9 heteroatoms. The minimum Gasteiger partial charge on any atom is -0.301 e. The van der Waals surface area contributed by atoms with Crippen LogP contribution in [0.25, 0.3) is 0 Å². The molecular weight excluding hydrogens is 286 g/mol. The molecule has 0 aliphatic rings. The summed E-state index contributed by atoms with van der Waals surface area (Å²) in [6.07, 6.45) is 1.40. The zero-order valence-corrected chi connectivity index (χ0v) is 11.8. The molecule has 0 bridgehead atoms. The summed E-state index contributed by atoms with van der Waals surface area (Å²) in [5, 5.41) is 11.5. The minimum atomic E-state index is -0.408. The zero-order valence-electron chi connectivity index (χ0n) is 10.2. The maximum atomic E-state index is 11.9. The van der Waals surface area contributed by atoms with E-state index in [2.05, 4.69) is 25.5 Å². The second kappa shape index (κ2) is 5.93. The fourth-order valence-electron chi connectivity index (χ4n) is 1.19. The molecule has 0 saturated carbocycles. The number of nitrogens with one attached hydrogen (secondary N) is 2. The van der Waals surface area contributed by atoms with Crippen molar-refractivity contribution in [2.24, 2.45) is 0 Å². The lowest BCUT2D eigenvalue weighted by molar-refractivity contribution is -0.115. The van der Waals surface area contributed by atoms with Gasteiger partial charge in [0.25, 0.3) is 5.56 Å². The van der Waals surface area contributed by atoms with E-state index < -0.39 is 5.25 Å². The Kier molecular flexibility index (Phi) is 4.27. The third kappa shape index (κ3) is 3.86. The Hall–Kier alpha value is -1.74. The third-order valence-electron chi connectivity index (χ3n) is 2.06. The molecule has 0 aliphatic carbocycles. The average Bonchev–Trinajstić information content (AvgIpc) is 2.74. The number of amides is 1. The molecule has 0 saturated heterocycles. The standard InChI is InChI=1S/C10H11N5O2S2/c1-5(18-9-11-4-3-7(16)12-9)8(17)13-10-15-14-6(2)19-10/h3-5H,1-2H3,(H,11,12,16)(H,13,15,17). The highest BCUT2D eigenvalue weighted by molar-refractivity contribution is 8.00. The fourth-order valence-corrected chi connectivity index (χ4v) is 2.56. The van der Waals surface area contributed by atoms with Gasteiger partial charge in [0.05, 0.1) is 5.25 Å². The van der Waals surface area contributed by atoms with E-state index in [0.717, 1.165) is 5.01 Å². The van der Waals surface area contributed by atoms with Crippen LogP contribution >= 0.6 is 23.1 Å². The van der Waals surface area contributed by atoms with Gasteiger partial charge in [-0.1, -0.05) is 23.1 Å². The van der Waals surface area contributed by atoms with Crippen molar-refractivity contribution < 1.29 is 4.79 Å². The first-order valence-electron chi connectivity index (χ1n) is 5.37. The van der Waals surface area contributed by atoms with Crippen LogP contribution in [-0.4, -0.2) is 31.3 Å². The van der Waals surface area contributed by atoms with Crippen molar-refractivity contribution in [3.63, 3.8) is 0 Å². The van der Waals surface area contributed by atoms with Crippen LogP contribution in [0.1, 0.15) is 11.9 Å². The highest BCUT2D eigenvalue weighted by Gasteiger charge is 2.17. The van der Waals surface area contributed by atoms with Crippen LogP contribution in [0, 0.1) is 6.92 Å². The summed E-state index contributed by atoms with van der Waals surface area (Å²) in [5.74, 6) is -0.215. The van der Waals surface area contributed by atoms with Crippen molar-refractivity contribution in [3.05, 3.63) is 27.6 Å². The maximum Gasteiger partial charge on any atom is 0.251 e. The molecule has 0 aliphatic heterocycles. The molecule has 1 unspecified atom stereocenters. The number of hydrogen-bond acceptors (Lipinski definition) is 7. The molecular formula is C10H11N5O2S2. The van der Waals surface area contributed by atoms with Gasteiger partial charge in [-0.25, -0.2) is 4.98 Å². The number of thioether (sulfide) groups is 1. The van der Waals surface area contributed by atoms with Crippen molar-refractivity contribution in [2.75, 3.05) is 5.32 Å². The first-order chi connectivity index (χ1) is 9.04. The fraction of sp³-hybridized carbons (Fsp3) is 0.300. The Balaban J connectivity index is 1.97. The predicted octanol–water partition coefficient (Wildman–Crippen LogP) is 1.05. The van der Waals surface area contributed by atoms with E-state index in [1.54, 1.807) is 6.92 Å². The summed E-state index contributed by atoms with van der Waals surface area (Å²) in [5.41, 5.74) is -0.246. The van der Waals surface area contributed by atoms with Gasteiger partial charge in [0.1, 0.15) is 5.01 Å². The van der Waals surface area contributed by atoms with Gasteiger partial charge in [0.15, 0.2) is 5.16 Å². The molecule has 19 heavy (non-hydrogen) atoms. The SMILES string of the molecule is Cc1nnc(NC(=O)C(C)Sc2nccc(=O)[nH]2)s1. The predicted molar refractivity (Wildman–Crippen MR) is 73.5 cm³/mol. The van der Waals surface area contributed by atoms with Crippen LogP contribution in [0.4, 0.5) is 5.13 Å². The Morgan fingerprint density at radius 1 is 1.53 bits per heavy atom. The number of carbonyl (C=O) groups is 1. The number of carbonyl (C=O) groups excluding carboxylic acids is 1. The molecule has 1 amide bonds. The van der Waals surface area contributed by atoms with E-state index >= 15 is 0 Å². The first-order valence-corrected chi connectivity index (χ1v) is 7.07. The number of hydrogen-bond donors (Lipinski definition) is 2. The number of aryl methyl sites for hydroxylation is 1. The largest absolute Gasteiger partial charge is 0.301 e. The Bertz CT molecular complexity index is 639. The van der Waals surface area contributed by atoms with Gasteiger partial charge in [-0.15, -0.1) is 10.2 Å². The van der Waals surface area contributed by atoms with Crippen LogP contribution in [0.5, 0.6) is 0 Å². The van der Waals surface area contributed by atoms with Gasteiger partial charge in [-0.05, 0) is 13.8 Å². The molecule has 0 fully saturated rings. The highest BCUT2D eigenvalue weighted by Crippen LogP contribution is 2.20. The molecule has 2 aromatic rings. The normalized spacial score (nSPS) is 12.1. The summed E-state index contributed by atoms with van der Waals surface area (Å²) in [4.78, 5) is 29.5. The second-order valence-corrected chi connectivity index (χ2v) is 6.13. The average molecular weight is 297 g/mol. The third-order valence-corrected chi connectivity index (χ3v) is 3.81. The van der Waals surface area contributed by atoms with Crippen molar-refractivity contribution >= 4 is 34.1 Å². The van der Waals surface area contributed by atoms with Crippen LogP contribution in [-0.2, 0) is 4.79 Å². The quantitative estimate of drug-likeness (QED) is 0.646. The number of rotatable bonds is 4. The van der Waals surface area contributed by atoms with E-state index in [9.17, 15) is 9.59 Å². The van der Waals surface area contributed by atoms with Gasteiger partial charge >= 0.3 is 0 Å². The molecule has 2 N–H and O–H groups in total. The number of aromatic nitrogens is 4. The summed E-state index contributed by atoms with van der Waals surface area (Å²) >= 11 is 2.47. The van der Waals surface area contributed by atoms with E-state index in [-0.39, 0.29) is 11.5 Å². The number of H-pyrrole nitrogens is 1. The lowest BCUT2D eigenvalue weighted by Crippen LogP contribution is -2.23. The van der Waals surface area contributed by atoms with E-state index in [4.69, 9.17) is 0 Å². The maximum absolute atomic E-state index is 11.9. The monoisotopic (exact) mass is 297 g/mol. The molecule has 0 spiro atoms. The lowest BCUT2D eigenvalue weighted by Gasteiger charge is -2.08. The molecule has 2 aromatic heterocycles. The number of nitrogens with zero attached hydrogens (tertiary/aromatic N) is 3. The Labute approximate surface area is 116 Å². The van der Waals surface area contributed by atoms with Gasteiger partial charge in [0.2, 0.25) is 11.0 Å². The van der Waals surface area contributed by atoms with Crippen LogP contribution in [0.3, 0.4) is 0 Å². The van der Waals surface area contributed by atoms with Crippen molar-refractivity contribution in [3.8, 4) is 0 Å². The van der Waals surface area contributed by atoms with Crippen LogP contribution in [0.15, 0.2) is 22.2 Å². The Morgan fingerprint density at radius 2 is 2.32 bits per heavy atom. The van der Waals surface area contributed by atoms with Crippen molar-refractivity contribution in [1.29, 1.82) is 0 Å². The Morgan fingerprint density at radius 3 is 2.95 bits per heavy atom. The second-order valence-electron chi connectivity index (χ2n) is 3.61. The smallest absolute Gasteiger partial charge is 0.251 e. The first kappa shape index (κ1) is 13.7. The molecule has 100 valence electrons. The van der Waals surface area contributed by atoms with E-state index in [1.165, 1.54) is 35.4 Å². The molecule has 2 heterocycles. The molecule has 7 nitrogen and oxygen atoms in total. The van der Waals surface area contributed by atoms with Gasteiger partial charge < -0.3 is 4.98 Å². The molecule has 0 radical (unpaired) electrons. The molecule has 2 rings (SSSR count). The van der Waals surface area contributed by atoms with Gasteiger partial charge in [-0.2, -0.15) is 0 Å². The summed E-state index contributed by atoms with van der Waals surface area (Å²) in [6.45, 7) is 3.53. The van der Waals surface area contributed by atoms with E-state index in [1.807, 2.05) is 6.92 Å². The topological polar surface area (TPSA) is 101 Å². The van der Waals surface area contributed by atoms with Gasteiger partial charge in [0, 0.05) is 12.3 Å².